The Balaban J connectivity index is 3.14. The second kappa shape index (κ2) is 10.2. The van der Waals surface area contributed by atoms with E-state index in [1.54, 1.807) is 0 Å². The lowest BCUT2D eigenvalue weighted by Gasteiger charge is -2.00. The number of ketones is 1. The molecule has 0 aliphatic carbocycles. The zero-order valence-corrected chi connectivity index (χ0v) is 8.96. The van der Waals surface area contributed by atoms with Crippen LogP contribution in [-0.4, -0.2) is 18.9 Å². The number of carbonyl (C=O) groups is 2. The van der Waals surface area contributed by atoms with Gasteiger partial charge in [0.05, 0.1) is 6.61 Å². The van der Waals surface area contributed by atoms with Gasteiger partial charge in [0.25, 0.3) is 6.47 Å². The fourth-order valence-electron chi connectivity index (χ4n) is 1.27. The van der Waals surface area contributed by atoms with Crippen molar-refractivity contribution in [1.29, 1.82) is 0 Å². The van der Waals surface area contributed by atoms with Gasteiger partial charge in [0.2, 0.25) is 0 Å². The first-order chi connectivity index (χ1) is 6.81. The quantitative estimate of drug-likeness (QED) is 0.402. The molecule has 0 aliphatic heterocycles. The second-order valence-corrected chi connectivity index (χ2v) is 3.42. The molecule has 0 N–H and O–H groups in total. The first-order valence-electron chi connectivity index (χ1n) is 5.38. The summed E-state index contributed by atoms with van der Waals surface area (Å²) in [6.45, 7) is 2.79. The van der Waals surface area contributed by atoms with Crippen LogP contribution in [-0.2, 0) is 14.3 Å². The maximum absolute atomic E-state index is 11.2. The molecule has 0 atom stereocenters. The van der Waals surface area contributed by atoms with E-state index < -0.39 is 0 Å². The molecule has 0 spiro atoms. The Labute approximate surface area is 85.8 Å². The number of hydrogen-bond acceptors (Lipinski definition) is 3. The van der Waals surface area contributed by atoms with Crippen molar-refractivity contribution in [3.05, 3.63) is 0 Å². The Morgan fingerprint density at radius 1 is 1.14 bits per heavy atom. The van der Waals surface area contributed by atoms with Gasteiger partial charge in [-0.1, -0.05) is 32.6 Å². The van der Waals surface area contributed by atoms with E-state index in [0.717, 1.165) is 12.8 Å². The standard InChI is InChI=1S/C11H20O3/c1-2-3-4-5-6-7-11(13)8-9-14-10-12/h10H,2-9H2,1H3. The minimum absolute atomic E-state index is 0.198. The first-order valence-corrected chi connectivity index (χ1v) is 5.38. The van der Waals surface area contributed by atoms with E-state index in [0.29, 0.717) is 19.3 Å². The van der Waals surface area contributed by atoms with Crippen molar-refractivity contribution >= 4 is 12.3 Å². The average Bonchev–Trinajstić information content (AvgIpc) is 2.18. The average molecular weight is 200 g/mol. The summed E-state index contributed by atoms with van der Waals surface area (Å²) < 4.78 is 4.45. The van der Waals surface area contributed by atoms with Crippen molar-refractivity contribution in [2.45, 2.75) is 51.9 Å². The fraction of sp³-hybridized carbons (Fsp3) is 0.818. The van der Waals surface area contributed by atoms with Gasteiger partial charge >= 0.3 is 0 Å². The van der Waals surface area contributed by atoms with Crippen molar-refractivity contribution in [1.82, 2.24) is 0 Å². The summed E-state index contributed by atoms with van der Waals surface area (Å²) >= 11 is 0. The zero-order valence-electron chi connectivity index (χ0n) is 8.96. The molecule has 0 heterocycles. The number of ether oxygens (including phenoxy) is 1. The van der Waals surface area contributed by atoms with Crippen LogP contribution >= 0.6 is 0 Å². The van der Waals surface area contributed by atoms with Crippen molar-refractivity contribution in [2.24, 2.45) is 0 Å². The minimum atomic E-state index is 0.198. The van der Waals surface area contributed by atoms with E-state index in [-0.39, 0.29) is 12.4 Å². The van der Waals surface area contributed by atoms with E-state index in [1.165, 1.54) is 19.3 Å². The molecule has 0 unspecified atom stereocenters. The van der Waals surface area contributed by atoms with Gasteiger partial charge in [-0.2, -0.15) is 0 Å². The van der Waals surface area contributed by atoms with Crippen LogP contribution in [0.5, 0.6) is 0 Å². The van der Waals surface area contributed by atoms with Crippen LogP contribution in [0.2, 0.25) is 0 Å². The molecule has 0 bridgehead atoms. The zero-order chi connectivity index (χ0) is 10.6. The molecule has 0 aliphatic rings. The summed E-state index contributed by atoms with van der Waals surface area (Å²) in [7, 11) is 0. The third-order valence-electron chi connectivity index (χ3n) is 2.13. The third kappa shape index (κ3) is 9.23. The van der Waals surface area contributed by atoms with E-state index >= 15 is 0 Å². The Kier molecular flexibility index (Phi) is 9.59. The summed E-state index contributed by atoms with van der Waals surface area (Å²) in [4.78, 5) is 20.9. The molecule has 82 valence electrons. The minimum Gasteiger partial charge on any atom is -0.467 e. The SMILES string of the molecule is CCCCCCCC(=O)CCOC=O. The summed E-state index contributed by atoms with van der Waals surface area (Å²) in [5, 5.41) is 0. The lowest BCUT2D eigenvalue weighted by atomic mass is 10.1. The van der Waals surface area contributed by atoms with E-state index in [9.17, 15) is 9.59 Å². The van der Waals surface area contributed by atoms with Crippen LogP contribution in [0.3, 0.4) is 0 Å². The second-order valence-electron chi connectivity index (χ2n) is 3.42. The van der Waals surface area contributed by atoms with E-state index in [2.05, 4.69) is 11.7 Å². The van der Waals surface area contributed by atoms with Gasteiger partial charge in [-0.25, -0.2) is 0 Å². The van der Waals surface area contributed by atoms with Crippen molar-refractivity contribution in [2.75, 3.05) is 6.61 Å². The van der Waals surface area contributed by atoms with Crippen molar-refractivity contribution in [3.63, 3.8) is 0 Å². The summed E-state index contributed by atoms with van der Waals surface area (Å²) in [5.41, 5.74) is 0. The predicted octanol–water partition coefficient (Wildman–Crippen LogP) is 2.48. The predicted molar refractivity (Wildman–Crippen MR) is 55.0 cm³/mol. The normalized spacial score (nSPS) is 9.79. The van der Waals surface area contributed by atoms with Gasteiger partial charge in [0.15, 0.2) is 0 Å². The van der Waals surface area contributed by atoms with Gasteiger partial charge in [0.1, 0.15) is 5.78 Å². The highest BCUT2D eigenvalue weighted by atomic mass is 16.5. The first kappa shape index (κ1) is 13.1. The highest BCUT2D eigenvalue weighted by molar-refractivity contribution is 5.78. The summed E-state index contributed by atoms with van der Waals surface area (Å²) in [6.07, 6.45) is 6.80. The number of Topliss-reactive ketones (excluding diaryl/α,β-unsaturated/α-hetero) is 1. The highest BCUT2D eigenvalue weighted by Gasteiger charge is 2.01. The molecule has 0 aromatic rings. The molecule has 3 nitrogen and oxygen atoms in total. The number of unbranched alkanes of at least 4 members (excludes halogenated alkanes) is 4. The van der Waals surface area contributed by atoms with Crippen LogP contribution in [0, 0.1) is 0 Å². The molecule has 0 aromatic carbocycles. The smallest absolute Gasteiger partial charge is 0.293 e. The van der Waals surface area contributed by atoms with Gasteiger partial charge in [-0.3, -0.25) is 9.59 Å². The van der Waals surface area contributed by atoms with Gasteiger partial charge in [-0.05, 0) is 6.42 Å². The molecule has 0 amide bonds. The van der Waals surface area contributed by atoms with E-state index in [4.69, 9.17) is 0 Å². The summed E-state index contributed by atoms with van der Waals surface area (Å²) in [6, 6.07) is 0. The maximum Gasteiger partial charge on any atom is 0.293 e. The maximum atomic E-state index is 11.2. The monoisotopic (exact) mass is 200 g/mol. The van der Waals surface area contributed by atoms with Crippen molar-refractivity contribution in [3.8, 4) is 0 Å². The Morgan fingerprint density at radius 2 is 1.86 bits per heavy atom. The van der Waals surface area contributed by atoms with E-state index in [1.807, 2.05) is 0 Å². The van der Waals surface area contributed by atoms with Crippen molar-refractivity contribution < 1.29 is 14.3 Å². The Morgan fingerprint density at radius 3 is 2.50 bits per heavy atom. The molecule has 0 radical (unpaired) electrons. The Bertz CT molecular complexity index is 155. The molecule has 3 heteroatoms. The van der Waals surface area contributed by atoms with Crippen LogP contribution in [0.15, 0.2) is 0 Å². The van der Waals surface area contributed by atoms with Crippen LogP contribution in [0.1, 0.15) is 51.9 Å². The lowest BCUT2D eigenvalue weighted by Crippen LogP contribution is -2.03. The number of rotatable bonds is 10. The summed E-state index contributed by atoms with van der Waals surface area (Å²) in [5.74, 6) is 0.198. The molecular formula is C11H20O3. The molecule has 0 saturated heterocycles. The van der Waals surface area contributed by atoms with Crippen LogP contribution in [0.4, 0.5) is 0 Å². The molecule has 0 fully saturated rings. The van der Waals surface area contributed by atoms with Gasteiger partial charge in [0, 0.05) is 12.8 Å². The Hall–Kier alpha value is -0.860. The van der Waals surface area contributed by atoms with Crippen LogP contribution in [0.25, 0.3) is 0 Å². The van der Waals surface area contributed by atoms with Crippen LogP contribution < -0.4 is 0 Å². The van der Waals surface area contributed by atoms with Gasteiger partial charge in [-0.15, -0.1) is 0 Å². The molecule has 0 saturated carbocycles. The third-order valence-corrected chi connectivity index (χ3v) is 2.13. The highest BCUT2D eigenvalue weighted by Crippen LogP contribution is 2.06. The molecule has 14 heavy (non-hydrogen) atoms. The molecular weight excluding hydrogens is 180 g/mol. The lowest BCUT2D eigenvalue weighted by molar-refractivity contribution is -0.130. The topological polar surface area (TPSA) is 43.4 Å². The largest absolute Gasteiger partial charge is 0.467 e. The fourth-order valence-corrected chi connectivity index (χ4v) is 1.27. The van der Waals surface area contributed by atoms with Gasteiger partial charge < -0.3 is 4.74 Å². The molecule has 0 aromatic heterocycles. The molecule has 0 rings (SSSR count). The number of hydrogen-bond donors (Lipinski definition) is 0. The number of carbonyl (C=O) groups excluding carboxylic acids is 2.